The summed E-state index contributed by atoms with van der Waals surface area (Å²) in [4.78, 5) is 12.0. The third-order valence-electron chi connectivity index (χ3n) is 4.25. The summed E-state index contributed by atoms with van der Waals surface area (Å²) in [6.45, 7) is 8.27. The fourth-order valence-corrected chi connectivity index (χ4v) is 3.17. The minimum atomic E-state index is -1.31. The van der Waals surface area contributed by atoms with Gasteiger partial charge in [0.05, 0.1) is 6.61 Å². The molecule has 3 nitrogen and oxygen atoms in total. The van der Waals surface area contributed by atoms with Crippen molar-refractivity contribution in [1.82, 2.24) is 0 Å². The average Bonchev–Trinajstić information content (AvgIpc) is 2.27. The molecule has 0 spiro atoms. The third-order valence-corrected chi connectivity index (χ3v) is 4.25. The van der Waals surface area contributed by atoms with E-state index in [-0.39, 0.29) is 11.3 Å². The second-order valence-corrected chi connectivity index (χ2v) is 5.79. The van der Waals surface area contributed by atoms with Gasteiger partial charge in [0.1, 0.15) is 0 Å². The van der Waals surface area contributed by atoms with Gasteiger partial charge in [-0.05, 0) is 31.6 Å². The summed E-state index contributed by atoms with van der Waals surface area (Å²) in [7, 11) is 0. The Morgan fingerprint density at radius 1 is 1.41 bits per heavy atom. The van der Waals surface area contributed by atoms with Crippen LogP contribution in [-0.4, -0.2) is 23.3 Å². The third kappa shape index (κ3) is 2.82. The summed E-state index contributed by atoms with van der Waals surface area (Å²) in [6.07, 6.45) is 4.69. The number of aliphatic hydroxyl groups is 1. The number of carbonyl (C=O) groups is 1. The first-order valence-electron chi connectivity index (χ1n) is 6.78. The number of rotatable bonds is 4. The SMILES string of the molecule is CCOC(=O)C(O)(CC)C1CCCCC1(C)C. The molecule has 0 aromatic heterocycles. The molecule has 17 heavy (non-hydrogen) atoms. The molecule has 1 saturated carbocycles. The monoisotopic (exact) mass is 242 g/mol. The molecule has 0 bridgehead atoms. The Balaban J connectivity index is 2.94. The zero-order valence-electron chi connectivity index (χ0n) is 11.6. The fraction of sp³-hybridized carbons (Fsp3) is 0.929. The molecule has 2 atom stereocenters. The van der Waals surface area contributed by atoms with E-state index in [0.717, 1.165) is 19.3 Å². The molecule has 100 valence electrons. The summed E-state index contributed by atoms with van der Waals surface area (Å²) in [5.74, 6) is -0.435. The van der Waals surface area contributed by atoms with Gasteiger partial charge in [0.25, 0.3) is 0 Å². The quantitative estimate of drug-likeness (QED) is 0.771. The molecule has 0 radical (unpaired) electrons. The number of hydrogen-bond donors (Lipinski definition) is 1. The molecule has 3 heteroatoms. The fourth-order valence-electron chi connectivity index (χ4n) is 3.17. The van der Waals surface area contributed by atoms with Crippen molar-refractivity contribution in [1.29, 1.82) is 0 Å². The Bertz CT molecular complexity index is 273. The van der Waals surface area contributed by atoms with E-state index in [2.05, 4.69) is 13.8 Å². The van der Waals surface area contributed by atoms with Crippen molar-refractivity contribution in [3.8, 4) is 0 Å². The molecule has 0 aromatic rings. The molecule has 0 aliphatic heterocycles. The van der Waals surface area contributed by atoms with Gasteiger partial charge in [-0.3, -0.25) is 0 Å². The maximum absolute atomic E-state index is 12.0. The van der Waals surface area contributed by atoms with Crippen molar-refractivity contribution < 1.29 is 14.6 Å². The predicted octanol–water partition coefficient (Wildman–Crippen LogP) is 2.91. The molecule has 1 aliphatic rings. The second kappa shape index (κ2) is 5.38. The van der Waals surface area contributed by atoms with Gasteiger partial charge in [-0.25, -0.2) is 4.79 Å². The molecule has 0 heterocycles. The van der Waals surface area contributed by atoms with Gasteiger partial charge < -0.3 is 9.84 Å². The van der Waals surface area contributed by atoms with Gasteiger partial charge >= 0.3 is 5.97 Å². The molecule has 0 saturated heterocycles. The number of ether oxygens (including phenoxy) is 1. The average molecular weight is 242 g/mol. The zero-order valence-corrected chi connectivity index (χ0v) is 11.6. The first-order valence-corrected chi connectivity index (χ1v) is 6.78. The zero-order chi connectivity index (χ0) is 13.1. The van der Waals surface area contributed by atoms with Crippen LogP contribution >= 0.6 is 0 Å². The Kier molecular flexibility index (Phi) is 4.59. The summed E-state index contributed by atoms with van der Waals surface area (Å²) in [5.41, 5.74) is -1.30. The molecule has 0 amide bonds. The molecule has 1 fully saturated rings. The van der Waals surface area contributed by atoms with Gasteiger partial charge in [0.2, 0.25) is 0 Å². The highest BCUT2D eigenvalue weighted by molar-refractivity contribution is 5.79. The van der Waals surface area contributed by atoms with Crippen LogP contribution in [0.5, 0.6) is 0 Å². The van der Waals surface area contributed by atoms with Crippen LogP contribution in [0.25, 0.3) is 0 Å². The summed E-state index contributed by atoms with van der Waals surface area (Å²) in [5, 5.41) is 10.7. The number of carbonyl (C=O) groups excluding carboxylic acids is 1. The van der Waals surface area contributed by atoms with E-state index in [1.54, 1.807) is 6.92 Å². The summed E-state index contributed by atoms with van der Waals surface area (Å²) in [6, 6.07) is 0. The lowest BCUT2D eigenvalue weighted by molar-refractivity contribution is -0.181. The number of hydrogen-bond acceptors (Lipinski definition) is 3. The smallest absolute Gasteiger partial charge is 0.338 e. The first-order chi connectivity index (χ1) is 7.88. The van der Waals surface area contributed by atoms with E-state index in [1.807, 2.05) is 6.92 Å². The largest absolute Gasteiger partial charge is 0.464 e. The van der Waals surface area contributed by atoms with Crippen LogP contribution in [0.3, 0.4) is 0 Å². The van der Waals surface area contributed by atoms with Crippen molar-refractivity contribution in [2.24, 2.45) is 11.3 Å². The highest BCUT2D eigenvalue weighted by Crippen LogP contribution is 2.47. The normalized spacial score (nSPS) is 27.2. The lowest BCUT2D eigenvalue weighted by Crippen LogP contribution is -2.53. The lowest BCUT2D eigenvalue weighted by atomic mass is 9.61. The van der Waals surface area contributed by atoms with E-state index < -0.39 is 11.6 Å². The van der Waals surface area contributed by atoms with Crippen LogP contribution in [0, 0.1) is 11.3 Å². The van der Waals surface area contributed by atoms with Gasteiger partial charge in [-0.15, -0.1) is 0 Å². The van der Waals surface area contributed by atoms with E-state index in [0.29, 0.717) is 13.0 Å². The van der Waals surface area contributed by atoms with Gasteiger partial charge in [0, 0.05) is 5.92 Å². The molecule has 2 unspecified atom stereocenters. The van der Waals surface area contributed by atoms with Crippen molar-refractivity contribution in [3.63, 3.8) is 0 Å². The molecular weight excluding hydrogens is 216 g/mol. The molecule has 1 rings (SSSR count). The van der Waals surface area contributed by atoms with Crippen LogP contribution in [0.1, 0.15) is 59.8 Å². The van der Waals surface area contributed by atoms with Crippen molar-refractivity contribution in [2.45, 2.75) is 65.4 Å². The van der Waals surface area contributed by atoms with Crippen LogP contribution in [0.4, 0.5) is 0 Å². The minimum Gasteiger partial charge on any atom is -0.464 e. The molecule has 1 N–H and O–H groups in total. The summed E-state index contributed by atoms with van der Waals surface area (Å²) < 4.78 is 5.06. The van der Waals surface area contributed by atoms with E-state index in [9.17, 15) is 9.90 Å². The molecular formula is C14H26O3. The van der Waals surface area contributed by atoms with Crippen molar-refractivity contribution >= 4 is 5.97 Å². The second-order valence-electron chi connectivity index (χ2n) is 5.79. The first kappa shape index (κ1) is 14.5. The van der Waals surface area contributed by atoms with Gasteiger partial charge in [-0.1, -0.05) is 33.6 Å². The minimum absolute atomic E-state index is 0.00722. The van der Waals surface area contributed by atoms with E-state index in [4.69, 9.17) is 4.74 Å². The maximum atomic E-state index is 12.0. The van der Waals surface area contributed by atoms with E-state index >= 15 is 0 Å². The van der Waals surface area contributed by atoms with Crippen LogP contribution < -0.4 is 0 Å². The van der Waals surface area contributed by atoms with Crippen molar-refractivity contribution in [2.75, 3.05) is 6.61 Å². The Hall–Kier alpha value is -0.570. The van der Waals surface area contributed by atoms with Crippen LogP contribution in [0.15, 0.2) is 0 Å². The van der Waals surface area contributed by atoms with Gasteiger partial charge in [-0.2, -0.15) is 0 Å². The highest BCUT2D eigenvalue weighted by atomic mass is 16.5. The van der Waals surface area contributed by atoms with Crippen LogP contribution in [-0.2, 0) is 9.53 Å². The Morgan fingerprint density at radius 2 is 2.06 bits per heavy atom. The van der Waals surface area contributed by atoms with Gasteiger partial charge in [0.15, 0.2) is 5.60 Å². The highest BCUT2D eigenvalue weighted by Gasteiger charge is 2.50. The van der Waals surface area contributed by atoms with Crippen molar-refractivity contribution in [3.05, 3.63) is 0 Å². The number of esters is 1. The predicted molar refractivity (Wildman–Crippen MR) is 67.6 cm³/mol. The maximum Gasteiger partial charge on any atom is 0.338 e. The molecule has 0 aromatic carbocycles. The Labute approximate surface area is 105 Å². The lowest BCUT2D eigenvalue weighted by Gasteiger charge is -2.46. The standard InChI is InChI=1S/C14H26O3/c1-5-14(16,12(15)17-6-2)11-9-7-8-10-13(11,3)4/h11,16H,5-10H2,1-4H3. The molecule has 1 aliphatic carbocycles. The van der Waals surface area contributed by atoms with E-state index in [1.165, 1.54) is 6.42 Å². The van der Waals surface area contributed by atoms with Crippen LogP contribution in [0.2, 0.25) is 0 Å². The summed E-state index contributed by atoms with van der Waals surface area (Å²) >= 11 is 0. The topological polar surface area (TPSA) is 46.5 Å². The Morgan fingerprint density at radius 3 is 2.53 bits per heavy atom.